The van der Waals surface area contributed by atoms with Crippen molar-refractivity contribution < 1.29 is 9.47 Å². The van der Waals surface area contributed by atoms with Crippen LogP contribution in [0.15, 0.2) is 24.7 Å². The summed E-state index contributed by atoms with van der Waals surface area (Å²) in [5, 5.41) is 7.30. The standard InChI is InChI=1S/C13H19N5O2/c1-3-7-20-12-4-5-14-13(17-12)16-11-9-15-18(10-11)6-8-19-2/h4-5,9-10H,3,6-8H2,1-2H3,(H,14,16,17). The molecular formula is C13H19N5O2. The molecule has 7 nitrogen and oxygen atoms in total. The first-order valence-corrected chi connectivity index (χ1v) is 6.56. The van der Waals surface area contributed by atoms with Gasteiger partial charge in [-0.2, -0.15) is 10.1 Å². The van der Waals surface area contributed by atoms with Gasteiger partial charge in [-0.25, -0.2) is 4.98 Å². The second-order valence-electron chi connectivity index (χ2n) is 4.18. The number of rotatable bonds is 8. The smallest absolute Gasteiger partial charge is 0.230 e. The predicted octanol–water partition coefficient (Wildman–Crippen LogP) is 1.85. The summed E-state index contributed by atoms with van der Waals surface area (Å²) < 4.78 is 12.3. The van der Waals surface area contributed by atoms with E-state index in [1.807, 2.05) is 6.20 Å². The number of methoxy groups -OCH3 is 1. The van der Waals surface area contributed by atoms with Crippen LogP contribution in [0.5, 0.6) is 5.88 Å². The number of anilines is 2. The minimum Gasteiger partial charge on any atom is -0.478 e. The molecule has 0 fully saturated rings. The highest BCUT2D eigenvalue weighted by atomic mass is 16.5. The average molecular weight is 277 g/mol. The van der Waals surface area contributed by atoms with E-state index in [0.29, 0.717) is 31.6 Å². The third kappa shape index (κ3) is 4.20. The zero-order valence-corrected chi connectivity index (χ0v) is 11.7. The second kappa shape index (κ2) is 7.44. The van der Waals surface area contributed by atoms with Gasteiger partial charge < -0.3 is 14.8 Å². The van der Waals surface area contributed by atoms with E-state index in [1.165, 1.54) is 0 Å². The Morgan fingerprint density at radius 1 is 1.35 bits per heavy atom. The zero-order valence-electron chi connectivity index (χ0n) is 11.7. The maximum Gasteiger partial charge on any atom is 0.230 e. The summed E-state index contributed by atoms with van der Waals surface area (Å²) in [6.45, 7) is 4.02. The van der Waals surface area contributed by atoms with Crippen molar-refractivity contribution in [2.45, 2.75) is 19.9 Å². The van der Waals surface area contributed by atoms with Gasteiger partial charge in [-0.05, 0) is 6.42 Å². The van der Waals surface area contributed by atoms with Crippen LogP contribution in [0.25, 0.3) is 0 Å². The summed E-state index contributed by atoms with van der Waals surface area (Å²) in [7, 11) is 1.66. The van der Waals surface area contributed by atoms with E-state index in [4.69, 9.17) is 9.47 Å². The first kappa shape index (κ1) is 14.3. The molecule has 2 rings (SSSR count). The van der Waals surface area contributed by atoms with E-state index < -0.39 is 0 Å². The molecule has 0 bridgehead atoms. The van der Waals surface area contributed by atoms with Crippen molar-refractivity contribution in [1.29, 1.82) is 0 Å². The number of hydrogen-bond acceptors (Lipinski definition) is 6. The normalized spacial score (nSPS) is 10.5. The van der Waals surface area contributed by atoms with Crippen molar-refractivity contribution in [3.8, 4) is 5.88 Å². The van der Waals surface area contributed by atoms with E-state index in [1.54, 1.807) is 30.3 Å². The molecule has 0 aliphatic carbocycles. The molecular weight excluding hydrogens is 258 g/mol. The third-order valence-corrected chi connectivity index (χ3v) is 2.50. The maximum atomic E-state index is 5.46. The molecule has 0 amide bonds. The van der Waals surface area contributed by atoms with Crippen LogP contribution in [0.1, 0.15) is 13.3 Å². The highest BCUT2D eigenvalue weighted by molar-refractivity contribution is 5.50. The Morgan fingerprint density at radius 2 is 2.25 bits per heavy atom. The first-order valence-electron chi connectivity index (χ1n) is 6.56. The summed E-state index contributed by atoms with van der Waals surface area (Å²) in [5.74, 6) is 1.06. The lowest BCUT2D eigenvalue weighted by Crippen LogP contribution is -2.04. The van der Waals surface area contributed by atoms with E-state index in [2.05, 4.69) is 27.3 Å². The van der Waals surface area contributed by atoms with Gasteiger partial charge in [0, 0.05) is 25.6 Å². The van der Waals surface area contributed by atoms with E-state index >= 15 is 0 Å². The molecule has 0 atom stereocenters. The molecule has 1 N–H and O–H groups in total. The van der Waals surface area contributed by atoms with Crippen LogP contribution < -0.4 is 10.1 Å². The Morgan fingerprint density at radius 3 is 3.05 bits per heavy atom. The Bertz CT molecular complexity index is 529. The van der Waals surface area contributed by atoms with Gasteiger partial charge in [0.25, 0.3) is 0 Å². The Labute approximate surface area is 118 Å². The van der Waals surface area contributed by atoms with Crippen molar-refractivity contribution in [1.82, 2.24) is 19.7 Å². The van der Waals surface area contributed by atoms with Gasteiger partial charge in [0.2, 0.25) is 11.8 Å². The molecule has 7 heteroatoms. The molecule has 2 aromatic heterocycles. The number of ether oxygens (including phenoxy) is 2. The van der Waals surface area contributed by atoms with Crippen LogP contribution in [-0.2, 0) is 11.3 Å². The molecule has 0 radical (unpaired) electrons. The minimum absolute atomic E-state index is 0.491. The fraction of sp³-hybridized carbons (Fsp3) is 0.462. The summed E-state index contributed by atoms with van der Waals surface area (Å²) in [6, 6.07) is 1.74. The average Bonchev–Trinajstić information content (AvgIpc) is 2.91. The molecule has 0 aliphatic rings. The summed E-state index contributed by atoms with van der Waals surface area (Å²) in [6.07, 6.45) is 6.20. The van der Waals surface area contributed by atoms with Crippen LogP contribution >= 0.6 is 0 Å². The number of nitrogens with one attached hydrogen (secondary N) is 1. The SMILES string of the molecule is CCCOc1ccnc(Nc2cnn(CCOC)c2)n1. The molecule has 0 saturated carbocycles. The Kier molecular flexibility index (Phi) is 5.31. The maximum absolute atomic E-state index is 5.46. The van der Waals surface area contributed by atoms with Crippen molar-refractivity contribution in [2.75, 3.05) is 25.6 Å². The number of nitrogens with zero attached hydrogens (tertiary/aromatic N) is 4. The van der Waals surface area contributed by atoms with Crippen LogP contribution in [0.2, 0.25) is 0 Å². The Hall–Kier alpha value is -2.15. The van der Waals surface area contributed by atoms with E-state index in [-0.39, 0.29) is 0 Å². The van der Waals surface area contributed by atoms with Gasteiger partial charge in [-0.3, -0.25) is 4.68 Å². The number of aromatic nitrogens is 4. The molecule has 20 heavy (non-hydrogen) atoms. The zero-order chi connectivity index (χ0) is 14.2. The Balaban J connectivity index is 1.96. The number of hydrogen-bond donors (Lipinski definition) is 1. The molecule has 2 aromatic rings. The van der Waals surface area contributed by atoms with Gasteiger partial charge in [0.1, 0.15) is 0 Å². The van der Waals surface area contributed by atoms with Gasteiger partial charge >= 0.3 is 0 Å². The van der Waals surface area contributed by atoms with Gasteiger partial charge in [-0.1, -0.05) is 6.92 Å². The molecule has 0 unspecified atom stereocenters. The summed E-state index contributed by atoms with van der Waals surface area (Å²) >= 11 is 0. The molecule has 0 aliphatic heterocycles. The first-order chi connectivity index (χ1) is 9.81. The van der Waals surface area contributed by atoms with Gasteiger partial charge in [0.15, 0.2) is 0 Å². The largest absolute Gasteiger partial charge is 0.478 e. The molecule has 0 aromatic carbocycles. The van der Waals surface area contributed by atoms with Crippen molar-refractivity contribution >= 4 is 11.6 Å². The minimum atomic E-state index is 0.491. The van der Waals surface area contributed by atoms with E-state index in [0.717, 1.165) is 12.1 Å². The van der Waals surface area contributed by atoms with Gasteiger partial charge in [0.05, 0.1) is 31.6 Å². The molecule has 2 heterocycles. The summed E-state index contributed by atoms with van der Waals surface area (Å²) in [4.78, 5) is 8.42. The molecule has 108 valence electrons. The fourth-order valence-electron chi connectivity index (χ4n) is 1.55. The molecule has 0 saturated heterocycles. The monoisotopic (exact) mass is 277 g/mol. The lowest BCUT2D eigenvalue weighted by atomic mass is 10.5. The van der Waals surface area contributed by atoms with Crippen molar-refractivity contribution in [3.05, 3.63) is 24.7 Å². The highest BCUT2D eigenvalue weighted by Gasteiger charge is 2.03. The van der Waals surface area contributed by atoms with E-state index in [9.17, 15) is 0 Å². The molecule has 0 spiro atoms. The third-order valence-electron chi connectivity index (χ3n) is 2.50. The lowest BCUT2D eigenvalue weighted by molar-refractivity contribution is 0.183. The van der Waals surface area contributed by atoms with Crippen molar-refractivity contribution in [3.63, 3.8) is 0 Å². The van der Waals surface area contributed by atoms with Crippen molar-refractivity contribution in [2.24, 2.45) is 0 Å². The van der Waals surface area contributed by atoms with Crippen LogP contribution in [0.3, 0.4) is 0 Å². The predicted molar refractivity (Wildman–Crippen MR) is 75.2 cm³/mol. The quantitative estimate of drug-likeness (QED) is 0.793. The fourth-order valence-corrected chi connectivity index (χ4v) is 1.55. The van der Waals surface area contributed by atoms with Crippen LogP contribution in [0.4, 0.5) is 11.6 Å². The lowest BCUT2D eigenvalue weighted by Gasteiger charge is -2.05. The highest BCUT2D eigenvalue weighted by Crippen LogP contribution is 2.14. The summed E-state index contributed by atoms with van der Waals surface area (Å²) in [5.41, 5.74) is 0.828. The van der Waals surface area contributed by atoms with Crippen LogP contribution in [0, 0.1) is 0 Å². The van der Waals surface area contributed by atoms with Gasteiger partial charge in [-0.15, -0.1) is 0 Å². The van der Waals surface area contributed by atoms with Crippen LogP contribution in [-0.4, -0.2) is 40.1 Å². The topological polar surface area (TPSA) is 74.1 Å². The second-order valence-corrected chi connectivity index (χ2v) is 4.18.